The van der Waals surface area contributed by atoms with Crippen LogP contribution in [-0.2, 0) is 6.42 Å². The molecular formula is C15H23NS. The number of hydrogen-bond donors (Lipinski definition) is 1. The Morgan fingerprint density at radius 2 is 2.12 bits per heavy atom. The van der Waals surface area contributed by atoms with Crippen molar-refractivity contribution in [2.45, 2.75) is 43.3 Å². The summed E-state index contributed by atoms with van der Waals surface area (Å²) >= 11 is 2.08. The van der Waals surface area contributed by atoms with Crippen LogP contribution in [0.5, 0.6) is 0 Å². The summed E-state index contributed by atoms with van der Waals surface area (Å²) < 4.78 is 0. The van der Waals surface area contributed by atoms with E-state index in [2.05, 4.69) is 55.2 Å². The maximum Gasteiger partial charge on any atom is 0.0140 e. The molecule has 1 unspecified atom stereocenters. The van der Waals surface area contributed by atoms with Gasteiger partial charge in [-0.3, -0.25) is 0 Å². The van der Waals surface area contributed by atoms with E-state index in [4.69, 9.17) is 0 Å². The van der Waals surface area contributed by atoms with E-state index in [9.17, 15) is 0 Å². The van der Waals surface area contributed by atoms with Gasteiger partial charge in [-0.25, -0.2) is 0 Å². The number of fused-ring (bicyclic) bond motifs is 1. The molecule has 1 heterocycles. The largest absolute Gasteiger partial charge is 0.320 e. The van der Waals surface area contributed by atoms with Crippen LogP contribution in [-0.4, -0.2) is 18.8 Å². The fraction of sp³-hybridized carbons (Fsp3) is 0.600. The molecule has 1 aliphatic heterocycles. The number of thioether (sulfide) groups is 1. The molecule has 1 aromatic rings. The Kier molecular flexibility index (Phi) is 4.16. The van der Waals surface area contributed by atoms with Crippen molar-refractivity contribution >= 4 is 11.8 Å². The lowest BCUT2D eigenvalue weighted by Crippen LogP contribution is -2.23. The van der Waals surface area contributed by atoms with Crippen LogP contribution in [0, 0.1) is 5.41 Å². The summed E-state index contributed by atoms with van der Waals surface area (Å²) in [7, 11) is 2.04. The number of rotatable bonds is 5. The van der Waals surface area contributed by atoms with Crippen LogP contribution >= 0.6 is 11.8 Å². The minimum absolute atomic E-state index is 0.447. The molecular weight excluding hydrogens is 226 g/mol. The van der Waals surface area contributed by atoms with E-state index in [1.165, 1.54) is 24.2 Å². The maximum atomic E-state index is 3.26. The normalized spacial score (nSPS) is 19.4. The zero-order valence-corrected chi connectivity index (χ0v) is 11.9. The molecule has 0 saturated heterocycles. The third-order valence-electron chi connectivity index (χ3n) is 3.55. The second-order valence-corrected chi connectivity index (χ2v) is 7.12. The van der Waals surface area contributed by atoms with E-state index < -0.39 is 0 Å². The molecule has 1 N–H and O–H groups in total. The summed E-state index contributed by atoms with van der Waals surface area (Å²) in [5.74, 6) is 0. The molecule has 0 bridgehead atoms. The minimum atomic E-state index is 0.447. The van der Waals surface area contributed by atoms with Gasteiger partial charge in [-0.05, 0) is 49.9 Å². The number of benzene rings is 1. The van der Waals surface area contributed by atoms with E-state index in [1.807, 2.05) is 7.05 Å². The summed E-state index contributed by atoms with van der Waals surface area (Å²) in [5, 5.41) is 4.04. The van der Waals surface area contributed by atoms with E-state index in [-0.39, 0.29) is 0 Å². The van der Waals surface area contributed by atoms with Gasteiger partial charge >= 0.3 is 0 Å². The van der Waals surface area contributed by atoms with Gasteiger partial charge in [0.1, 0.15) is 0 Å². The van der Waals surface area contributed by atoms with Crippen LogP contribution in [0.3, 0.4) is 0 Å². The summed E-state index contributed by atoms with van der Waals surface area (Å²) in [6, 6.07) is 8.86. The van der Waals surface area contributed by atoms with Crippen molar-refractivity contribution in [1.29, 1.82) is 0 Å². The second-order valence-electron chi connectivity index (χ2n) is 5.77. The van der Waals surface area contributed by atoms with Gasteiger partial charge in [0.15, 0.2) is 0 Å². The standard InChI is InChI=1S/C15H23NS/c1-15(2,8-9-16-3)11-13-10-12-6-4-5-7-14(12)17-13/h4-7,13,16H,8-11H2,1-3H3. The highest BCUT2D eigenvalue weighted by Crippen LogP contribution is 2.42. The average molecular weight is 249 g/mol. The first-order valence-corrected chi connectivity index (χ1v) is 7.38. The first kappa shape index (κ1) is 13.0. The zero-order valence-electron chi connectivity index (χ0n) is 11.1. The number of nitrogens with one attached hydrogen (secondary N) is 1. The molecule has 0 fully saturated rings. The van der Waals surface area contributed by atoms with Crippen LogP contribution in [0.1, 0.15) is 32.3 Å². The molecule has 0 saturated carbocycles. The Balaban J connectivity index is 1.91. The first-order chi connectivity index (χ1) is 8.11. The van der Waals surface area contributed by atoms with Crippen LogP contribution in [0.15, 0.2) is 29.2 Å². The highest BCUT2D eigenvalue weighted by Gasteiger charge is 2.28. The fourth-order valence-corrected chi connectivity index (χ4v) is 4.17. The number of hydrogen-bond acceptors (Lipinski definition) is 2. The molecule has 2 rings (SSSR count). The van der Waals surface area contributed by atoms with Crippen molar-refractivity contribution in [1.82, 2.24) is 5.32 Å². The first-order valence-electron chi connectivity index (χ1n) is 6.50. The van der Waals surface area contributed by atoms with E-state index in [0.717, 1.165) is 11.8 Å². The lowest BCUT2D eigenvalue weighted by Gasteiger charge is -2.27. The lowest BCUT2D eigenvalue weighted by molar-refractivity contribution is 0.302. The van der Waals surface area contributed by atoms with Crippen molar-refractivity contribution in [2.75, 3.05) is 13.6 Å². The van der Waals surface area contributed by atoms with Gasteiger partial charge < -0.3 is 5.32 Å². The molecule has 1 aliphatic rings. The molecule has 0 spiro atoms. The highest BCUT2D eigenvalue weighted by atomic mass is 32.2. The Morgan fingerprint density at radius 3 is 2.82 bits per heavy atom. The molecule has 0 aliphatic carbocycles. The molecule has 2 heteroatoms. The van der Waals surface area contributed by atoms with Crippen molar-refractivity contribution < 1.29 is 0 Å². The highest BCUT2D eigenvalue weighted by molar-refractivity contribution is 8.00. The van der Waals surface area contributed by atoms with Gasteiger partial charge in [0.25, 0.3) is 0 Å². The van der Waals surface area contributed by atoms with Crippen molar-refractivity contribution in [3.05, 3.63) is 29.8 Å². The zero-order chi connectivity index (χ0) is 12.3. The topological polar surface area (TPSA) is 12.0 Å². The third kappa shape index (κ3) is 3.49. The summed E-state index contributed by atoms with van der Waals surface area (Å²) in [4.78, 5) is 1.50. The summed E-state index contributed by atoms with van der Waals surface area (Å²) in [5.41, 5.74) is 2.00. The van der Waals surface area contributed by atoms with Gasteiger partial charge in [-0.2, -0.15) is 0 Å². The predicted octanol–water partition coefficient (Wildman–Crippen LogP) is 3.73. The molecule has 94 valence electrons. The summed E-state index contributed by atoms with van der Waals surface area (Å²) in [6.07, 6.45) is 3.83. The van der Waals surface area contributed by atoms with E-state index >= 15 is 0 Å². The molecule has 0 aromatic heterocycles. The Labute approximate surface area is 109 Å². The molecule has 1 atom stereocenters. The molecule has 1 aromatic carbocycles. The Morgan fingerprint density at radius 1 is 1.35 bits per heavy atom. The van der Waals surface area contributed by atoms with Crippen LogP contribution in [0.25, 0.3) is 0 Å². The van der Waals surface area contributed by atoms with E-state index in [0.29, 0.717) is 5.41 Å². The van der Waals surface area contributed by atoms with Gasteiger partial charge in [0.2, 0.25) is 0 Å². The minimum Gasteiger partial charge on any atom is -0.320 e. The Bertz CT molecular complexity index is 348. The fourth-order valence-electron chi connectivity index (χ4n) is 2.55. The van der Waals surface area contributed by atoms with Crippen LogP contribution in [0.4, 0.5) is 0 Å². The van der Waals surface area contributed by atoms with Gasteiger partial charge in [0.05, 0.1) is 0 Å². The predicted molar refractivity (Wildman–Crippen MR) is 76.7 cm³/mol. The van der Waals surface area contributed by atoms with Crippen LogP contribution in [0.2, 0.25) is 0 Å². The maximum absolute atomic E-state index is 3.26. The second kappa shape index (κ2) is 5.45. The van der Waals surface area contributed by atoms with Gasteiger partial charge in [-0.15, -0.1) is 11.8 Å². The quantitative estimate of drug-likeness (QED) is 0.853. The van der Waals surface area contributed by atoms with Crippen molar-refractivity contribution in [2.24, 2.45) is 5.41 Å². The van der Waals surface area contributed by atoms with Crippen molar-refractivity contribution in [3.8, 4) is 0 Å². The summed E-state index contributed by atoms with van der Waals surface area (Å²) in [6.45, 7) is 5.92. The average Bonchev–Trinajstić information content (AvgIpc) is 2.67. The van der Waals surface area contributed by atoms with Crippen molar-refractivity contribution in [3.63, 3.8) is 0 Å². The molecule has 0 amide bonds. The molecule has 17 heavy (non-hydrogen) atoms. The SMILES string of the molecule is CNCCC(C)(C)CC1Cc2ccccc2S1. The van der Waals surface area contributed by atoms with Gasteiger partial charge in [-0.1, -0.05) is 32.0 Å². The molecule has 0 radical (unpaired) electrons. The van der Waals surface area contributed by atoms with Gasteiger partial charge in [0, 0.05) is 10.1 Å². The van der Waals surface area contributed by atoms with E-state index in [1.54, 1.807) is 5.56 Å². The third-order valence-corrected chi connectivity index (χ3v) is 4.86. The smallest absolute Gasteiger partial charge is 0.0140 e. The molecule has 1 nitrogen and oxygen atoms in total. The lowest BCUT2D eigenvalue weighted by atomic mass is 9.83. The monoisotopic (exact) mass is 249 g/mol. The van der Waals surface area contributed by atoms with Crippen LogP contribution < -0.4 is 5.32 Å². The Hall–Kier alpha value is -0.470.